The first kappa shape index (κ1) is 28.3. The van der Waals surface area contributed by atoms with Gasteiger partial charge in [-0.05, 0) is 82.9 Å². The van der Waals surface area contributed by atoms with Gasteiger partial charge in [0, 0.05) is 10.0 Å². The van der Waals surface area contributed by atoms with Crippen LogP contribution in [0.5, 0.6) is 11.5 Å². The number of aryl methyl sites for hydroxylation is 1. The number of aliphatic carboxylic acids is 1. The monoisotopic (exact) mass is 525 g/mol. The molecule has 8 nitrogen and oxygen atoms in total. The third-order valence-corrected chi connectivity index (χ3v) is 5.15. The van der Waals surface area contributed by atoms with Crippen molar-refractivity contribution in [2.24, 2.45) is 0 Å². The maximum absolute atomic E-state index is 12.6. The summed E-state index contributed by atoms with van der Waals surface area (Å²) in [6, 6.07) is 12.0. The molecule has 0 heterocycles. The molecule has 0 saturated carbocycles. The summed E-state index contributed by atoms with van der Waals surface area (Å²) in [5.74, 6) is -1.53. The molecule has 1 unspecified atom stereocenters. The number of esters is 1. The molecule has 0 aliphatic carbocycles. The van der Waals surface area contributed by atoms with Gasteiger partial charge in [-0.3, -0.25) is 5.32 Å². The number of amides is 1. The van der Waals surface area contributed by atoms with Gasteiger partial charge in [0.1, 0.15) is 17.1 Å². The van der Waals surface area contributed by atoms with Gasteiger partial charge in [-0.25, -0.2) is 14.4 Å². The highest BCUT2D eigenvalue weighted by Crippen LogP contribution is 2.29. The van der Waals surface area contributed by atoms with E-state index in [1.54, 1.807) is 58.0 Å². The molecule has 35 heavy (non-hydrogen) atoms. The van der Waals surface area contributed by atoms with Gasteiger partial charge in [0.15, 0.2) is 0 Å². The summed E-state index contributed by atoms with van der Waals surface area (Å²) in [7, 11) is 0. The van der Waals surface area contributed by atoms with Crippen LogP contribution in [0.3, 0.4) is 0 Å². The van der Waals surface area contributed by atoms with Crippen LogP contribution in [0.15, 0.2) is 42.5 Å². The van der Waals surface area contributed by atoms with Crippen molar-refractivity contribution >= 4 is 41.2 Å². The van der Waals surface area contributed by atoms with E-state index in [0.29, 0.717) is 28.0 Å². The second-order valence-corrected chi connectivity index (χ2v) is 9.64. The van der Waals surface area contributed by atoms with Crippen molar-refractivity contribution in [3.8, 4) is 11.5 Å². The van der Waals surface area contributed by atoms with Crippen LogP contribution in [-0.4, -0.2) is 40.9 Å². The molecule has 0 bridgehead atoms. The zero-order valence-corrected chi connectivity index (χ0v) is 21.5. The van der Waals surface area contributed by atoms with E-state index in [0.717, 1.165) is 5.56 Å². The maximum atomic E-state index is 12.6. The molecular formula is C25H29Cl2NO7. The summed E-state index contributed by atoms with van der Waals surface area (Å²) in [5.41, 5.74) is -2.27. The summed E-state index contributed by atoms with van der Waals surface area (Å²) in [6.45, 7) is 6.41. The van der Waals surface area contributed by atoms with E-state index in [2.05, 4.69) is 5.32 Å². The van der Waals surface area contributed by atoms with Gasteiger partial charge >= 0.3 is 18.0 Å². The van der Waals surface area contributed by atoms with Gasteiger partial charge in [-0.1, -0.05) is 35.3 Å². The lowest BCUT2D eigenvalue weighted by molar-refractivity contribution is -0.163. The molecule has 0 aliphatic rings. The number of alkyl carbamates (subject to hydrolysis) is 1. The summed E-state index contributed by atoms with van der Waals surface area (Å²) in [6.07, 6.45) is -0.506. The lowest BCUT2D eigenvalue weighted by atomic mass is 9.91. The van der Waals surface area contributed by atoms with E-state index in [9.17, 15) is 19.5 Å². The fourth-order valence-electron chi connectivity index (χ4n) is 3.20. The third kappa shape index (κ3) is 8.64. The molecule has 10 heteroatoms. The van der Waals surface area contributed by atoms with Crippen molar-refractivity contribution in [3.05, 3.63) is 58.1 Å². The first-order chi connectivity index (χ1) is 16.3. The Morgan fingerprint density at radius 2 is 1.57 bits per heavy atom. The number of nitrogens with one attached hydrogen (secondary N) is 1. The predicted molar refractivity (Wildman–Crippen MR) is 132 cm³/mol. The van der Waals surface area contributed by atoms with Crippen molar-refractivity contribution in [1.29, 1.82) is 0 Å². The Morgan fingerprint density at radius 1 is 0.971 bits per heavy atom. The standard InChI is InChI=1S/C25H29Cl2NO7/c1-5-33-22(31)25(21(29)30,28-23(32)35-24(2,3)4)12-6-7-16-8-10-19(11-9-16)34-20-14-17(26)13-18(27)15-20/h8-11,13-15H,5-7,12H2,1-4H3,(H,28,32)(H,29,30). The second-order valence-electron chi connectivity index (χ2n) is 8.76. The van der Waals surface area contributed by atoms with Crippen molar-refractivity contribution in [3.63, 3.8) is 0 Å². The van der Waals surface area contributed by atoms with Gasteiger partial charge in [-0.15, -0.1) is 0 Å². The number of halogens is 2. The van der Waals surface area contributed by atoms with E-state index in [4.69, 9.17) is 37.4 Å². The molecule has 0 fully saturated rings. The first-order valence-corrected chi connectivity index (χ1v) is 11.7. The maximum Gasteiger partial charge on any atom is 0.409 e. The van der Waals surface area contributed by atoms with Crippen molar-refractivity contribution in [1.82, 2.24) is 5.32 Å². The van der Waals surface area contributed by atoms with E-state index in [-0.39, 0.29) is 19.4 Å². The van der Waals surface area contributed by atoms with Crippen LogP contribution < -0.4 is 10.1 Å². The fraction of sp³-hybridized carbons (Fsp3) is 0.400. The minimum atomic E-state index is -2.27. The summed E-state index contributed by atoms with van der Waals surface area (Å²) in [4.78, 5) is 37.1. The van der Waals surface area contributed by atoms with Crippen molar-refractivity contribution < 1.29 is 33.7 Å². The first-order valence-electron chi connectivity index (χ1n) is 11.0. The topological polar surface area (TPSA) is 111 Å². The Morgan fingerprint density at radius 3 is 2.09 bits per heavy atom. The lowest BCUT2D eigenvalue weighted by Gasteiger charge is -2.29. The van der Waals surface area contributed by atoms with Gasteiger partial charge < -0.3 is 19.3 Å². The lowest BCUT2D eigenvalue weighted by Crippen LogP contribution is -2.61. The Labute approximate surface area is 214 Å². The van der Waals surface area contributed by atoms with Gasteiger partial charge in [0.05, 0.1) is 6.61 Å². The molecule has 0 radical (unpaired) electrons. The number of carbonyl (C=O) groups is 3. The number of carboxylic acid groups (broad SMARTS) is 1. The number of carboxylic acids is 1. The van der Waals surface area contributed by atoms with Crippen LogP contribution in [0.1, 0.15) is 46.1 Å². The number of rotatable bonds is 10. The number of hydrogen-bond acceptors (Lipinski definition) is 6. The van der Waals surface area contributed by atoms with Crippen LogP contribution in [0.4, 0.5) is 4.79 Å². The number of hydrogen-bond donors (Lipinski definition) is 2. The van der Waals surface area contributed by atoms with E-state index >= 15 is 0 Å². The van der Waals surface area contributed by atoms with Crippen LogP contribution in [0.25, 0.3) is 0 Å². The van der Waals surface area contributed by atoms with Crippen LogP contribution in [0, 0.1) is 0 Å². The Bertz CT molecular complexity index is 1030. The zero-order valence-electron chi connectivity index (χ0n) is 20.0. The van der Waals surface area contributed by atoms with Gasteiger partial charge in [0.25, 0.3) is 0 Å². The smallest absolute Gasteiger partial charge is 0.409 e. The zero-order chi connectivity index (χ0) is 26.2. The second kappa shape index (κ2) is 12.1. The average Bonchev–Trinajstić information content (AvgIpc) is 2.72. The molecule has 0 aromatic heterocycles. The summed E-state index contributed by atoms with van der Waals surface area (Å²) >= 11 is 12.0. The average molecular weight is 526 g/mol. The molecule has 0 aliphatic heterocycles. The van der Waals surface area contributed by atoms with Crippen LogP contribution >= 0.6 is 23.2 Å². The number of ether oxygens (including phenoxy) is 3. The molecule has 0 spiro atoms. The highest BCUT2D eigenvalue weighted by Gasteiger charge is 2.49. The Hall–Kier alpha value is -2.97. The molecule has 0 saturated heterocycles. The third-order valence-electron chi connectivity index (χ3n) is 4.72. The molecular weight excluding hydrogens is 497 g/mol. The minimum absolute atomic E-state index is 0.0385. The number of carbonyl (C=O) groups excluding carboxylic acids is 2. The molecule has 2 rings (SSSR count). The van der Waals surface area contributed by atoms with Crippen LogP contribution in [0.2, 0.25) is 10.0 Å². The highest BCUT2D eigenvalue weighted by molar-refractivity contribution is 6.34. The largest absolute Gasteiger partial charge is 0.479 e. The van der Waals surface area contributed by atoms with Gasteiger partial charge in [-0.2, -0.15) is 0 Å². The van der Waals surface area contributed by atoms with Crippen LogP contribution in [-0.2, 0) is 25.5 Å². The molecule has 1 atom stereocenters. The molecule has 190 valence electrons. The molecule has 2 aromatic rings. The SMILES string of the molecule is CCOC(=O)C(CCCc1ccc(Oc2cc(Cl)cc(Cl)c2)cc1)(NC(=O)OC(C)(C)C)C(=O)O. The van der Waals surface area contributed by atoms with Crippen molar-refractivity contribution in [2.45, 2.75) is 58.1 Å². The molecule has 1 amide bonds. The summed E-state index contributed by atoms with van der Waals surface area (Å²) in [5, 5.41) is 13.0. The quantitative estimate of drug-likeness (QED) is 0.288. The Kier molecular flexibility index (Phi) is 9.80. The van der Waals surface area contributed by atoms with Gasteiger partial charge in [0.2, 0.25) is 5.54 Å². The molecule has 2 aromatic carbocycles. The number of benzene rings is 2. The van der Waals surface area contributed by atoms with E-state index in [1.165, 1.54) is 0 Å². The van der Waals surface area contributed by atoms with Crippen molar-refractivity contribution in [2.75, 3.05) is 6.61 Å². The predicted octanol–water partition coefficient (Wildman–Crippen LogP) is 6.02. The van der Waals surface area contributed by atoms with E-state index < -0.39 is 29.2 Å². The Balaban J connectivity index is 2.09. The summed E-state index contributed by atoms with van der Waals surface area (Å²) < 4.78 is 15.9. The fourth-order valence-corrected chi connectivity index (χ4v) is 3.71. The molecule has 2 N–H and O–H groups in total. The highest BCUT2D eigenvalue weighted by atomic mass is 35.5. The normalized spacial score (nSPS) is 12.9. The van der Waals surface area contributed by atoms with E-state index in [1.807, 2.05) is 12.1 Å². The minimum Gasteiger partial charge on any atom is -0.479 e.